The summed E-state index contributed by atoms with van der Waals surface area (Å²) in [7, 11) is 1.84. The van der Waals surface area contributed by atoms with Crippen LogP contribution in [0.15, 0.2) is 0 Å². The normalized spacial score (nSPS) is 15.9. The van der Waals surface area contributed by atoms with Crippen LogP contribution >= 0.6 is 0 Å². The van der Waals surface area contributed by atoms with E-state index in [4.69, 9.17) is 0 Å². The number of aromatic nitrogens is 2. The van der Waals surface area contributed by atoms with Gasteiger partial charge in [0.1, 0.15) is 0 Å². The van der Waals surface area contributed by atoms with Crippen LogP contribution in [0.4, 0.5) is 0 Å². The summed E-state index contributed by atoms with van der Waals surface area (Å²) in [5.74, 6) is 0.0173. The highest BCUT2D eigenvalue weighted by atomic mass is 16.2. The lowest BCUT2D eigenvalue weighted by Crippen LogP contribution is -2.48. The van der Waals surface area contributed by atoms with E-state index in [0.717, 1.165) is 17.8 Å². The third kappa shape index (κ3) is 2.10. The highest BCUT2D eigenvalue weighted by Crippen LogP contribution is 2.15. The zero-order valence-electron chi connectivity index (χ0n) is 11.0. The summed E-state index contributed by atoms with van der Waals surface area (Å²) < 4.78 is 1.73. The fourth-order valence-electron chi connectivity index (χ4n) is 2.27. The highest BCUT2D eigenvalue weighted by molar-refractivity contribution is 5.96. The monoisotopic (exact) mass is 250 g/mol. The van der Waals surface area contributed by atoms with Gasteiger partial charge in [0.05, 0.1) is 11.3 Å². The van der Waals surface area contributed by atoms with Crippen molar-refractivity contribution in [3.63, 3.8) is 0 Å². The maximum Gasteiger partial charge on any atom is 0.257 e. The van der Waals surface area contributed by atoms with E-state index in [0.29, 0.717) is 31.7 Å². The lowest BCUT2D eigenvalue weighted by molar-refractivity contribution is -0.119. The van der Waals surface area contributed by atoms with Crippen LogP contribution in [0.25, 0.3) is 0 Å². The molecule has 2 rings (SSSR count). The number of nitrogens with zero attached hydrogens (tertiary/aromatic N) is 4. The Morgan fingerprint density at radius 3 is 2.28 bits per heavy atom. The molecule has 1 fully saturated rings. The van der Waals surface area contributed by atoms with Crippen LogP contribution in [0, 0.1) is 13.8 Å². The largest absolute Gasteiger partial charge is 0.342 e. The molecule has 0 aliphatic carbocycles. The SMILES string of the molecule is Cc1nn(C)c(C)c1C(=O)N1CCN(C=O)CC1. The van der Waals surface area contributed by atoms with Crippen molar-refractivity contribution in [1.82, 2.24) is 19.6 Å². The fourth-order valence-corrected chi connectivity index (χ4v) is 2.27. The molecule has 0 bridgehead atoms. The van der Waals surface area contributed by atoms with Crippen LogP contribution in [0.5, 0.6) is 0 Å². The molecule has 1 saturated heterocycles. The van der Waals surface area contributed by atoms with Crippen LogP contribution in [0.3, 0.4) is 0 Å². The lowest BCUT2D eigenvalue weighted by atomic mass is 10.1. The van der Waals surface area contributed by atoms with Gasteiger partial charge in [0, 0.05) is 38.9 Å². The molecule has 1 aromatic rings. The molecule has 0 aromatic carbocycles. The Labute approximate surface area is 106 Å². The molecule has 0 unspecified atom stereocenters. The standard InChI is InChI=1S/C12H18N4O2/c1-9-11(10(2)14(3)13-9)12(18)16-6-4-15(8-17)5-7-16/h8H,4-7H2,1-3H3. The molecule has 1 aromatic heterocycles. The summed E-state index contributed by atoms with van der Waals surface area (Å²) in [6.07, 6.45) is 0.836. The second-order valence-electron chi connectivity index (χ2n) is 4.60. The van der Waals surface area contributed by atoms with Gasteiger partial charge in [-0.25, -0.2) is 0 Å². The van der Waals surface area contributed by atoms with Crippen molar-refractivity contribution in [1.29, 1.82) is 0 Å². The van der Waals surface area contributed by atoms with Gasteiger partial charge < -0.3 is 9.80 Å². The minimum Gasteiger partial charge on any atom is -0.342 e. The Morgan fingerprint density at radius 1 is 1.22 bits per heavy atom. The summed E-state index contributed by atoms with van der Waals surface area (Å²) in [5.41, 5.74) is 2.34. The molecule has 1 aliphatic heterocycles. The van der Waals surface area contributed by atoms with E-state index in [2.05, 4.69) is 5.10 Å². The number of hydrogen-bond donors (Lipinski definition) is 0. The quantitative estimate of drug-likeness (QED) is 0.692. The number of rotatable bonds is 2. The van der Waals surface area contributed by atoms with Crippen molar-refractivity contribution in [2.45, 2.75) is 13.8 Å². The van der Waals surface area contributed by atoms with Gasteiger partial charge in [-0.3, -0.25) is 14.3 Å². The lowest BCUT2D eigenvalue weighted by Gasteiger charge is -2.32. The molecule has 2 heterocycles. The van der Waals surface area contributed by atoms with Crippen molar-refractivity contribution in [2.75, 3.05) is 26.2 Å². The van der Waals surface area contributed by atoms with E-state index in [1.54, 1.807) is 14.5 Å². The van der Waals surface area contributed by atoms with Crippen molar-refractivity contribution < 1.29 is 9.59 Å². The van der Waals surface area contributed by atoms with Gasteiger partial charge in [-0.1, -0.05) is 0 Å². The smallest absolute Gasteiger partial charge is 0.257 e. The average Bonchev–Trinajstić information content (AvgIpc) is 2.63. The predicted octanol–water partition coefficient (Wildman–Crippen LogP) is -0.0489. The van der Waals surface area contributed by atoms with Crippen molar-refractivity contribution >= 4 is 12.3 Å². The summed E-state index contributed by atoms with van der Waals surface area (Å²) in [6, 6.07) is 0. The molecule has 1 aliphatic rings. The van der Waals surface area contributed by atoms with E-state index in [1.807, 2.05) is 20.9 Å². The number of amides is 2. The molecule has 0 radical (unpaired) electrons. The first kappa shape index (κ1) is 12.6. The zero-order valence-corrected chi connectivity index (χ0v) is 11.0. The van der Waals surface area contributed by atoms with Crippen molar-refractivity contribution in [3.05, 3.63) is 17.0 Å². The van der Waals surface area contributed by atoms with Gasteiger partial charge in [0.25, 0.3) is 5.91 Å². The highest BCUT2D eigenvalue weighted by Gasteiger charge is 2.25. The number of carbonyl (C=O) groups is 2. The molecule has 6 heteroatoms. The summed E-state index contributed by atoms with van der Waals surface area (Å²) >= 11 is 0. The van der Waals surface area contributed by atoms with Gasteiger partial charge in [0.2, 0.25) is 6.41 Å². The van der Waals surface area contributed by atoms with Crippen LogP contribution in [-0.4, -0.2) is 58.1 Å². The van der Waals surface area contributed by atoms with Crippen LogP contribution in [-0.2, 0) is 11.8 Å². The molecule has 0 atom stereocenters. The van der Waals surface area contributed by atoms with Crippen molar-refractivity contribution in [2.24, 2.45) is 7.05 Å². The van der Waals surface area contributed by atoms with Gasteiger partial charge in [-0.05, 0) is 13.8 Å². The Hall–Kier alpha value is -1.85. The van der Waals surface area contributed by atoms with Crippen LogP contribution in [0.2, 0.25) is 0 Å². The maximum atomic E-state index is 12.4. The molecular formula is C12H18N4O2. The summed E-state index contributed by atoms with van der Waals surface area (Å²) in [4.78, 5) is 26.5. The van der Waals surface area contributed by atoms with E-state index < -0.39 is 0 Å². The number of aryl methyl sites for hydroxylation is 2. The molecule has 98 valence electrons. The molecular weight excluding hydrogens is 232 g/mol. The van der Waals surface area contributed by atoms with Gasteiger partial charge in [-0.2, -0.15) is 5.10 Å². The summed E-state index contributed by atoms with van der Waals surface area (Å²) in [5, 5.41) is 4.26. The first-order valence-corrected chi connectivity index (χ1v) is 6.03. The topological polar surface area (TPSA) is 58.4 Å². The fraction of sp³-hybridized carbons (Fsp3) is 0.583. The minimum absolute atomic E-state index is 0.0173. The minimum atomic E-state index is 0.0173. The maximum absolute atomic E-state index is 12.4. The third-order valence-electron chi connectivity index (χ3n) is 3.47. The second-order valence-corrected chi connectivity index (χ2v) is 4.60. The van der Waals surface area contributed by atoms with E-state index in [1.165, 1.54) is 0 Å². The molecule has 0 saturated carbocycles. The predicted molar refractivity (Wildman–Crippen MR) is 66.2 cm³/mol. The molecule has 0 spiro atoms. The molecule has 6 nitrogen and oxygen atoms in total. The first-order chi connectivity index (χ1) is 8.54. The Kier molecular flexibility index (Phi) is 3.36. The number of carbonyl (C=O) groups excluding carboxylic acids is 2. The Bertz CT molecular complexity index is 473. The van der Waals surface area contributed by atoms with Gasteiger partial charge in [0.15, 0.2) is 0 Å². The van der Waals surface area contributed by atoms with Crippen molar-refractivity contribution in [3.8, 4) is 0 Å². The summed E-state index contributed by atoms with van der Waals surface area (Å²) in [6.45, 7) is 6.13. The average molecular weight is 250 g/mol. The molecule has 0 N–H and O–H groups in total. The van der Waals surface area contributed by atoms with E-state index in [9.17, 15) is 9.59 Å². The molecule has 18 heavy (non-hydrogen) atoms. The van der Waals surface area contributed by atoms with E-state index in [-0.39, 0.29) is 5.91 Å². The number of piperazine rings is 1. The van der Waals surface area contributed by atoms with Crippen LogP contribution in [0.1, 0.15) is 21.7 Å². The Balaban J connectivity index is 2.15. The molecule has 2 amide bonds. The van der Waals surface area contributed by atoms with Crippen LogP contribution < -0.4 is 0 Å². The van der Waals surface area contributed by atoms with E-state index >= 15 is 0 Å². The van der Waals surface area contributed by atoms with Gasteiger partial charge >= 0.3 is 0 Å². The Morgan fingerprint density at radius 2 is 1.83 bits per heavy atom. The first-order valence-electron chi connectivity index (χ1n) is 6.03. The third-order valence-corrected chi connectivity index (χ3v) is 3.47. The zero-order chi connectivity index (χ0) is 13.3. The van der Waals surface area contributed by atoms with Gasteiger partial charge in [-0.15, -0.1) is 0 Å². The second kappa shape index (κ2) is 4.80. The number of hydrogen-bond acceptors (Lipinski definition) is 3.